The zero-order chi connectivity index (χ0) is 15.5. The van der Waals surface area contributed by atoms with Crippen LogP contribution in [0.15, 0.2) is 18.2 Å². The maximum atomic E-state index is 13.7. The Bertz CT molecular complexity index is 465. The van der Waals surface area contributed by atoms with Gasteiger partial charge in [0.15, 0.2) is 0 Å². The number of hydrogen-bond donors (Lipinski definition) is 1. The maximum Gasteiger partial charge on any atom is 0.123 e. The molecule has 21 heavy (non-hydrogen) atoms. The highest BCUT2D eigenvalue weighted by atomic mass is 19.1. The van der Waals surface area contributed by atoms with Crippen LogP contribution in [0.2, 0.25) is 0 Å². The van der Waals surface area contributed by atoms with Gasteiger partial charge >= 0.3 is 0 Å². The average Bonchev–Trinajstić information content (AvgIpc) is 2.44. The maximum absolute atomic E-state index is 13.7. The first-order valence-electron chi connectivity index (χ1n) is 8.21. The van der Waals surface area contributed by atoms with Crippen molar-refractivity contribution in [3.05, 3.63) is 29.6 Å². The summed E-state index contributed by atoms with van der Waals surface area (Å²) in [5.74, 6) is -0.144. The summed E-state index contributed by atoms with van der Waals surface area (Å²) in [6, 6.07) is 5.84. The number of halogens is 1. The summed E-state index contributed by atoms with van der Waals surface area (Å²) in [4.78, 5) is 2.49. The third-order valence-corrected chi connectivity index (χ3v) is 4.26. The van der Waals surface area contributed by atoms with Crippen molar-refractivity contribution in [3.63, 3.8) is 0 Å². The molecule has 118 valence electrons. The number of anilines is 1. The normalized spacial score (nSPS) is 19.9. The van der Waals surface area contributed by atoms with Gasteiger partial charge in [0.2, 0.25) is 0 Å². The molecule has 0 aliphatic carbocycles. The van der Waals surface area contributed by atoms with Gasteiger partial charge in [0.1, 0.15) is 5.82 Å². The second kappa shape index (κ2) is 6.78. The Morgan fingerprint density at radius 2 is 2.05 bits per heavy atom. The van der Waals surface area contributed by atoms with Crippen molar-refractivity contribution >= 4 is 5.69 Å². The van der Waals surface area contributed by atoms with Crippen molar-refractivity contribution in [2.24, 2.45) is 0 Å². The number of piperidine rings is 1. The quantitative estimate of drug-likeness (QED) is 0.880. The molecule has 1 heterocycles. The van der Waals surface area contributed by atoms with E-state index in [1.165, 1.54) is 24.9 Å². The summed E-state index contributed by atoms with van der Waals surface area (Å²) >= 11 is 0. The van der Waals surface area contributed by atoms with Crippen LogP contribution in [-0.2, 0) is 6.54 Å². The minimum absolute atomic E-state index is 0.0373. The van der Waals surface area contributed by atoms with Crippen LogP contribution >= 0.6 is 0 Å². The summed E-state index contributed by atoms with van der Waals surface area (Å²) in [7, 11) is 0. The van der Waals surface area contributed by atoms with Crippen LogP contribution in [0.5, 0.6) is 0 Å². The lowest BCUT2D eigenvalue weighted by molar-refractivity contribution is 0.420. The van der Waals surface area contributed by atoms with E-state index in [0.717, 1.165) is 18.5 Å². The van der Waals surface area contributed by atoms with Gasteiger partial charge in [-0.2, -0.15) is 0 Å². The number of nitrogens with one attached hydrogen (secondary N) is 1. The molecule has 3 heteroatoms. The fourth-order valence-electron chi connectivity index (χ4n) is 3.08. The molecule has 0 aromatic heterocycles. The van der Waals surface area contributed by atoms with Gasteiger partial charge < -0.3 is 10.2 Å². The number of nitrogens with zero attached hydrogens (tertiary/aromatic N) is 1. The van der Waals surface area contributed by atoms with Crippen molar-refractivity contribution in [1.82, 2.24) is 5.32 Å². The molecular weight excluding hydrogens is 263 g/mol. The predicted octanol–water partition coefficient (Wildman–Crippen LogP) is 4.48. The van der Waals surface area contributed by atoms with E-state index < -0.39 is 0 Å². The van der Waals surface area contributed by atoms with E-state index in [9.17, 15) is 4.39 Å². The molecule has 0 bridgehead atoms. The zero-order valence-electron chi connectivity index (χ0n) is 13.9. The van der Waals surface area contributed by atoms with Crippen molar-refractivity contribution < 1.29 is 4.39 Å². The zero-order valence-corrected chi connectivity index (χ0v) is 13.9. The SMILES string of the molecule is CCC1CCCCN1c1ccc(F)cc1CNC(C)(C)C. The summed E-state index contributed by atoms with van der Waals surface area (Å²) in [5, 5.41) is 3.48. The predicted molar refractivity (Wildman–Crippen MR) is 88.3 cm³/mol. The van der Waals surface area contributed by atoms with Crippen LogP contribution in [0.25, 0.3) is 0 Å². The van der Waals surface area contributed by atoms with Crippen molar-refractivity contribution in [2.45, 2.75) is 71.5 Å². The first-order chi connectivity index (χ1) is 9.90. The number of hydrogen-bond acceptors (Lipinski definition) is 2. The van der Waals surface area contributed by atoms with Crippen molar-refractivity contribution in [2.75, 3.05) is 11.4 Å². The lowest BCUT2D eigenvalue weighted by Gasteiger charge is -2.38. The molecule has 2 nitrogen and oxygen atoms in total. The molecule has 1 aromatic rings. The molecule has 0 saturated carbocycles. The Kier molecular flexibility index (Phi) is 5.26. The first kappa shape index (κ1) is 16.3. The Balaban J connectivity index is 2.25. The fourth-order valence-corrected chi connectivity index (χ4v) is 3.08. The molecule has 0 amide bonds. The molecule has 1 saturated heterocycles. The molecule has 1 fully saturated rings. The molecule has 1 aromatic carbocycles. The molecule has 0 spiro atoms. The van der Waals surface area contributed by atoms with Crippen molar-refractivity contribution in [3.8, 4) is 0 Å². The smallest absolute Gasteiger partial charge is 0.123 e. The molecule has 1 unspecified atom stereocenters. The van der Waals surface area contributed by atoms with E-state index in [1.54, 1.807) is 12.1 Å². The van der Waals surface area contributed by atoms with Gasteiger partial charge in [0, 0.05) is 30.4 Å². The van der Waals surface area contributed by atoms with Crippen LogP contribution < -0.4 is 10.2 Å². The monoisotopic (exact) mass is 292 g/mol. The molecule has 1 N–H and O–H groups in total. The Morgan fingerprint density at radius 1 is 1.29 bits per heavy atom. The van der Waals surface area contributed by atoms with Gasteiger partial charge in [0.05, 0.1) is 0 Å². The number of benzene rings is 1. The van der Waals surface area contributed by atoms with Gasteiger partial charge in [-0.05, 0) is 70.2 Å². The van der Waals surface area contributed by atoms with Crippen LogP contribution in [0.1, 0.15) is 58.9 Å². The van der Waals surface area contributed by atoms with E-state index in [0.29, 0.717) is 12.6 Å². The molecule has 1 atom stereocenters. The van der Waals surface area contributed by atoms with E-state index in [4.69, 9.17) is 0 Å². The number of rotatable bonds is 4. The van der Waals surface area contributed by atoms with Crippen molar-refractivity contribution in [1.29, 1.82) is 0 Å². The highest BCUT2D eigenvalue weighted by molar-refractivity contribution is 5.55. The Labute approximate surface area is 128 Å². The summed E-state index contributed by atoms with van der Waals surface area (Å²) < 4.78 is 13.7. The summed E-state index contributed by atoms with van der Waals surface area (Å²) in [6.45, 7) is 10.5. The van der Waals surface area contributed by atoms with Crippen LogP contribution in [0.3, 0.4) is 0 Å². The Morgan fingerprint density at radius 3 is 2.71 bits per heavy atom. The van der Waals surface area contributed by atoms with E-state index in [2.05, 4.69) is 37.9 Å². The standard InChI is InChI=1S/C18H29FN2/c1-5-16-8-6-7-11-21(16)17-10-9-15(19)12-14(17)13-20-18(2,3)4/h9-10,12,16,20H,5-8,11,13H2,1-4H3. The minimum Gasteiger partial charge on any atom is -0.368 e. The summed E-state index contributed by atoms with van der Waals surface area (Å²) in [5.41, 5.74) is 2.32. The second-order valence-electron chi connectivity index (χ2n) is 7.13. The molecule has 1 aliphatic heterocycles. The van der Waals surface area contributed by atoms with Gasteiger partial charge in [-0.1, -0.05) is 6.92 Å². The first-order valence-corrected chi connectivity index (χ1v) is 8.21. The average molecular weight is 292 g/mol. The lowest BCUT2D eigenvalue weighted by Crippen LogP contribution is -2.40. The Hall–Kier alpha value is -1.09. The largest absolute Gasteiger partial charge is 0.368 e. The van der Waals surface area contributed by atoms with E-state index >= 15 is 0 Å². The molecule has 2 rings (SSSR count). The molecule has 1 aliphatic rings. The topological polar surface area (TPSA) is 15.3 Å². The lowest BCUT2D eigenvalue weighted by atomic mass is 9.97. The highest BCUT2D eigenvalue weighted by Crippen LogP contribution is 2.30. The minimum atomic E-state index is -0.144. The van der Waals surface area contributed by atoms with E-state index in [-0.39, 0.29) is 11.4 Å². The van der Waals surface area contributed by atoms with Crippen LogP contribution in [0.4, 0.5) is 10.1 Å². The van der Waals surface area contributed by atoms with E-state index in [1.807, 2.05) is 6.07 Å². The fraction of sp³-hybridized carbons (Fsp3) is 0.667. The highest BCUT2D eigenvalue weighted by Gasteiger charge is 2.23. The third kappa shape index (κ3) is 4.44. The van der Waals surface area contributed by atoms with Gasteiger partial charge in [-0.3, -0.25) is 0 Å². The molecular formula is C18H29FN2. The van der Waals surface area contributed by atoms with Crippen LogP contribution in [-0.4, -0.2) is 18.1 Å². The van der Waals surface area contributed by atoms with Gasteiger partial charge in [0.25, 0.3) is 0 Å². The van der Waals surface area contributed by atoms with Gasteiger partial charge in [-0.25, -0.2) is 4.39 Å². The van der Waals surface area contributed by atoms with Gasteiger partial charge in [-0.15, -0.1) is 0 Å². The van der Waals surface area contributed by atoms with Crippen LogP contribution in [0, 0.1) is 5.82 Å². The summed E-state index contributed by atoms with van der Waals surface area (Å²) in [6.07, 6.45) is 4.95. The second-order valence-corrected chi connectivity index (χ2v) is 7.13. The molecule has 0 radical (unpaired) electrons. The third-order valence-electron chi connectivity index (χ3n) is 4.26.